The fourth-order valence-corrected chi connectivity index (χ4v) is 5.88. The molecule has 0 radical (unpaired) electrons. The fraction of sp³-hybridized carbons (Fsp3) is 0.343. The molecule has 0 aliphatic heterocycles. The van der Waals surface area contributed by atoms with Crippen LogP contribution in [-0.2, 0) is 16.6 Å². The molecule has 41 heavy (non-hydrogen) atoms. The maximum Gasteiger partial charge on any atom is 0.330 e. The first-order chi connectivity index (χ1) is 19.7. The van der Waals surface area contributed by atoms with E-state index in [0.29, 0.717) is 17.2 Å². The maximum atomic E-state index is 13.6. The molecular weight excluding hydrogens is 512 g/mol. The summed E-state index contributed by atoms with van der Waals surface area (Å²) >= 11 is 0. The smallest absolute Gasteiger partial charge is 0.330 e. The second-order valence-electron chi connectivity index (χ2n) is 12.0. The predicted octanol–water partition coefficient (Wildman–Crippen LogP) is 7.50. The Bertz CT molecular complexity index is 1550. The van der Waals surface area contributed by atoms with Crippen LogP contribution >= 0.6 is 0 Å². The van der Waals surface area contributed by atoms with Crippen molar-refractivity contribution in [1.29, 1.82) is 0 Å². The number of pyridine rings is 1. The molecule has 0 bridgehead atoms. The molecule has 1 heterocycles. The lowest BCUT2D eigenvalue weighted by atomic mass is 9.85. The summed E-state index contributed by atoms with van der Waals surface area (Å²) in [7, 11) is 1.62. The Labute approximate surface area is 241 Å². The lowest BCUT2D eigenvalue weighted by molar-refractivity contribution is -0.139. The van der Waals surface area contributed by atoms with Crippen molar-refractivity contribution in [2.45, 2.75) is 64.3 Å². The second-order valence-corrected chi connectivity index (χ2v) is 12.0. The molecule has 4 aromatic rings. The van der Waals surface area contributed by atoms with Crippen LogP contribution in [0.15, 0.2) is 72.8 Å². The van der Waals surface area contributed by atoms with E-state index in [1.807, 2.05) is 12.1 Å². The molecule has 212 valence electrons. The van der Waals surface area contributed by atoms with Crippen LogP contribution in [0.1, 0.15) is 79.8 Å². The van der Waals surface area contributed by atoms with Crippen LogP contribution in [0, 0.1) is 5.92 Å². The van der Waals surface area contributed by atoms with E-state index >= 15 is 0 Å². The minimum Gasteiger partial charge on any atom is -0.496 e. The number of hydrogen-bond donors (Lipinski definition) is 2. The van der Waals surface area contributed by atoms with E-state index in [1.165, 1.54) is 18.4 Å². The third-order valence-corrected chi connectivity index (χ3v) is 8.16. The molecule has 1 aliphatic rings. The van der Waals surface area contributed by atoms with Crippen molar-refractivity contribution in [1.82, 2.24) is 10.3 Å². The molecule has 1 atom stereocenters. The number of hydrogen-bond acceptors (Lipinski definition) is 4. The van der Waals surface area contributed by atoms with Crippen molar-refractivity contribution in [3.63, 3.8) is 0 Å². The van der Waals surface area contributed by atoms with Gasteiger partial charge in [0.25, 0.3) is 5.91 Å². The van der Waals surface area contributed by atoms with E-state index in [9.17, 15) is 14.7 Å². The molecule has 1 saturated carbocycles. The van der Waals surface area contributed by atoms with Gasteiger partial charge in [-0.25, -0.2) is 9.78 Å². The average Bonchev–Trinajstić information content (AvgIpc) is 3.48. The first-order valence-electron chi connectivity index (χ1n) is 14.4. The molecule has 1 fully saturated rings. The number of benzene rings is 3. The lowest BCUT2D eigenvalue weighted by Crippen LogP contribution is -2.34. The largest absolute Gasteiger partial charge is 0.496 e. The van der Waals surface area contributed by atoms with Crippen molar-refractivity contribution in [2.24, 2.45) is 5.92 Å². The number of nitrogens with zero attached hydrogens (tertiary/aromatic N) is 1. The summed E-state index contributed by atoms with van der Waals surface area (Å²) in [5, 5.41) is 14.4. The highest BCUT2D eigenvalue weighted by atomic mass is 16.5. The summed E-state index contributed by atoms with van der Waals surface area (Å²) in [5.41, 5.74) is 4.96. The highest BCUT2D eigenvalue weighted by Crippen LogP contribution is 2.39. The molecule has 1 aliphatic carbocycles. The minimum absolute atomic E-state index is 0.0471. The van der Waals surface area contributed by atoms with Crippen molar-refractivity contribution in [3.05, 3.63) is 95.3 Å². The Morgan fingerprint density at radius 1 is 1.00 bits per heavy atom. The summed E-state index contributed by atoms with van der Waals surface area (Å²) < 4.78 is 5.78. The number of fused-ring (bicyclic) bond motifs is 1. The Kier molecular flexibility index (Phi) is 8.11. The Hall–Kier alpha value is -4.19. The lowest BCUT2D eigenvalue weighted by Gasteiger charge is -2.21. The third-order valence-electron chi connectivity index (χ3n) is 8.16. The number of carboxylic acid groups (broad SMARTS) is 1. The fourth-order valence-electron chi connectivity index (χ4n) is 5.88. The van der Waals surface area contributed by atoms with Gasteiger partial charge in [0.15, 0.2) is 6.04 Å². The zero-order chi connectivity index (χ0) is 29.1. The number of aromatic nitrogens is 1. The Morgan fingerprint density at radius 3 is 2.29 bits per heavy atom. The van der Waals surface area contributed by atoms with Gasteiger partial charge in [-0.15, -0.1) is 0 Å². The quantitative estimate of drug-likeness (QED) is 0.237. The zero-order valence-electron chi connectivity index (χ0n) is 24.2. The van der Waals surface area contributed by atoms with Crippen molar-refractivity contribution < 1.29 is 19.4 Å². The first-order valence-corrected chi connectivity index (χ1v) is 14.4. The monoisotopic (exact) mass is 550 g/mol. The molecular formula is C35H38N2O4. The molecule has 1 aromatic heterocycles. The zero-order valence-corrected chi connectivity index (χ0v) is 24.2. The molecule has 6 nitrogen and oxygen atoms in total. The van der Waals surface area contributed by atoms with Gasteiger partial charge in [0.2, 0.25) is 0 Å². The predicted molar refractivity (Wildman–Crippen MR) is 162 cm³/mol. The van der Waals surface area contributed by atoms with Crippen LogP contribution in [0.4, 0.5) is 0 Å². The highest BCUT2D eigenvalue weighted by Gasteiger charge is 2.26. The summed E-state index contributed by atoms with van der Waals surface area (Å²) in [6, 6.07) is 21.9. The van der Waals surface area contributed by atoms with Gasteiger partial charge in [-0.3, -0.25) is 4.79 Å². The third kappa shape index (κ3) is 6.12. The summed E-state index contributed by atoms with van der Waals surface area (Å²) in [4.78, 5) is 30.6. The van der Waals surface area contributed by atoms with Crippen molar-refractivity contribution in [3.8, 4) is 16.9 Å². The van der Waals surface area contributed by atoms with E-state index in [1.54, 1.807) is 37.4 Å². The topological polar surface area (TPSA) is 88.5 Å². The number of amides is 1. The van der Waals surface area contributed by atoms with Crippen LogP contribution in [0.5, 0.6) is 5.75 Å². The summed E-state index contributed by atoms with van der Waals surface area (Å²) in [6.45, 7) is 6.61. The number of rotatable bonds is 8. The first kappa shape index (κ1) is 28.3. The van der Waals surface area contributed by atoms with Crippen LogP contribution in [0.3, 0.4) is 0 Å². The summed E-state index contributed by atoms with van der Waals surface area (Å²) in [6.07, 6.45) is 5.41. The second kappa shape index (κ2) is 11.7. The average molecular weight is 551 g/mol. The SMILES string of the molecule is COc1ccc(-c2ccc(C(C)(C)C)cc2)c2c(CC3CCCC3)nc(C(=O)N[C@@H](C(=O)O)c3ccccc3)cc12. The van der Waals surface area contributed by atoms with Crippen molar-refractivity contribution in [2.75, 3.05) is 7.11 Å². The minimum atomic E-state index is -1.19. The number of ether oxygens (including phenoxy) is 1. The molecule has 5 rings (SSSR count). The number of nitrogens with one attached hydrogen (secondary N) is 1. The van der Waals surface area contributed by atoms with Crippen LogP contribution in [0.2, 0.25) is 0 Å². The van der Waals surface area contributed by atoms with E-state index < -0.39 is 17.9 Å². The van der Waals surface area contributed by atoms with Crippen LogP contribution < -0.4 is 10.1 Å². The number of aliphatic carboxylic acids is 1. The van der Waals surface area contributed by atoms with Gasteiger partial charge in [-0.1, -0.05) is 101 Å². The van der Waals surface area contributed by atoms with Gasteiger partial charge in [0.05, 0.1) is 12.8 Å². The molecule has 2 N–H and O–H groups in total. The number of carboxylic acids is 1. The van der Waals surface area contributed by atoms with Gasteiger partial charge in [0, 0.05) is 10.8 Å². The van der Waals surface area contributed by atoms with Gasteiger partial charge >= 0.3 is 5.97 Å². The molecule has 1 amide bonds. The number of methoxy groups -OCH3 is 1. The molecule has 6 heteroatoms. The molecule has 3 aromatic carbocycles. The number of carbonyl (C=O) groups is 2. The Morgan fingerprint density at radius 2 is 1.68 bits per heavy atom. The number of carbonyl (C=O) groups excluding carboxylic acids is 1. The highest BCUT2D eigenvalue weighted by molar-refractivity contribution is 6.05. The molecule has 0 unspecified atom stereocenters. The maximum absolute atomic E-state index is 13.6. The summed E-state index contributed by atoms with van der Waals surface area (Å²) in [5.74, 6) is -0.521. The van der Waals surface area contributed by atoms with E-state index in [4.69, 9.17) is 9.72 Å². The van der Waals surface area contributed by atoms with Gasteiger partial charge < -0.3 is 15.2 Å². The standard InChI is InChI=1S/C35H38N2O4/c1-35(2,3)25-16-14-23(15-17-25)26-18-19-30(41-4)27-21-29(36-28(31(26)27)20-22-10-8-9-11-22)33(38)37-32(34(39)40)24-12-6-5-7-13-24/h5-7,12-19,21-22,32H,8-11,20H2,1-4H3,(H,37,38)(H,39,40)/t32-/m1/s1. The van der Waals surface area contributed by atoms with Crippen molar-refractivity contribution >= 4 is 22.6 Å². The molecule has 0 saturated heterocycles. The van der Waals surface area contributed by atoms with E-state index in [0.717, 1.165) is 46.9 Å². The van der Waals surface area contributed by atoms with Crippen LogP contribution in [-0.4, -0.2) is 29.1 Å². The van der Waals surface area contributed by atoms with Gasteiger partial charge in [-0.05, 0) is 58.2 Å². The van der Waals surface area contributed by atoms with Gasteiger partial charge in [0.1, 0.15) is 11.4 Å². The van der Waals surface area contributed by atoms with E-state index in [2.05, 4.69) is 56.4 Å². The molecule has 0 spiro atoms. The van der Waals surface area contributed by atoms with Crippen LogP contribution in [0.25, 0.3) is 21.9 Å². The Balaban J connectivity index is 1.63. The van der Waals surface area contributed by atoms with E-state index in [-0.39, 0.29) is 11.1 Å². The normalized spacial score (nSPS) is 14.6. The van der Waals surface area contributed by atoms with Gasteiger partial charge in [-0.2, -0.15) is 0 Å².